The van der Waals surface area contributed by atoms with Crippen molar-refractivity contribution in [2.24, 2.45) is 4.99 Å². The van der Waals surface area contributed by atoms with E-state index in [1.807, 2.05) is 37.5 Å². The molecule has 1 aromatic carbocycles. The van der Waals surface area contributed by atoms with Crippen LogP contribution in [-0.4, -0.2) is 51.0 Å². The predicted octanol–water partition coefficient (Wildman–Crippen LogP) is 3.95. The highest BCUT2D eigenvalue weighted by molar-refractivity contribution is 5.99. The molecular formula is C25H27N5O4. The molecule has 9 heteroatoms. The number of aromatic nitrogens is 2. The van der Waals surface area contributed by atoms with E-state index < -0.39 is 6.09 Å². The molecule has 1 amide bonds. The number of pyridine rings is 1. The normalized spacial score (nSPS) is 14.6. The quantitative estimate of drug-likeness (QED) is 0.426. The number of aryl methyl sites for hydroxylation is 1. The summed E-state index contributed by atoms with van der Waals surface area (Å²) in [6.07, 6.45) is 9.23. The molecule has 0 bridgehead atoms. The second-order valence-electron chi connectivity index (χ2n) is 8.01. The van der Waals surface area contributed by atoms with Crippen LogP contribution in [0.25, 0.3) is 0 Å². The second kappa shape index (κ2) is 10.8. The Bertz CT molecular complexity index is 1170. The van der Waals surface area contributed by atoms with Crippen molar-refractivity contribution in [3.63, 3.8) is 0 Å². The number of aliphatic imine (C=N–C) groups is 1. The maximum Gasteiger partial charge on any atom is 0.415 e. The zero-order chi connectivity index (χ0) is 23.9. The molecule has 0 radical (unpaired) electrons. The van der Waals surface area contributed by atoms with E-state index >= 15 is 0 Å². The maximum absolute atomic E-state index is 12.7. The summed E-state index contributed by atoms with van der Waals surface area (Å²) in [5.74, 6) is 1.29. The van der Waals surface area contributed by atoms with Crippen LogP contribution in [0.2, 0.25) is 0 Å². The molecule has 9 nitrogen and oxygen atoms in total. The lowest BCUT2D eigenvalue weighted by Gasteiger charge is -2.32. The fourth-order valence-electron chi connectivity index (χ4n) is 3.99. The van der Waals surface area contributed by atoms with Gasteiger partial charge in [0.15, 0.2) is 0 Å². The minimum Gasteiger partial charge on any atom is -0.437 e. The van der Waals surface area contributed by atoms with Crippen LogP contribution in [0, 0.1) is 12.3 Å². The van der Waals surface area contributed by atoms with E-state index in [2.05, 4.69) is 14.5 Å². The molecule has 1 aliphatic rings. The lowest BCUT2D eigenvalue weighted by atomic mass is 10.1. The first-order valence-electron chi connectivity index (χ1n) is 11.1. The Morgan fingerprint density at radius 3 is 2.76 bits per heavy atom. The van der Waals surface area contributed by atoms with Gasteiger partial charge in [0.2, 0.25) is 5.90 Å². The fourth-order valence-corrected chi connectivity index (χ4v) is 3.99. The summed E-state index contributed by atoms with van der Waals surface area (Å²) in [4.78, 5) is 22.5. The summed E-state index contributed by atoms with van der Waals surface area (Å²) in [6.45, 7) is 2.79. The lowest BCUT2D eigenvalue weighted by molar-refractivity contribution is 0.130. The molecule has 1 fully saturated rings. The number of carbonyl (C=O) groups excluding carboxylic acids is 1. The van der Waals surface area contributed by atoms with Gasteiger partial charge < -0.3 is 24.0 Å². The first-order valence-corrected chi connectivity index (χ1v) is 11.1. The first-order chi connectivity index (χ1) is 16.6. The van der Waals surface area contributed by atoms with Crippen molar-refractivity contribution in [2.75, 3.05) is 13.1 Å². The van der Waals surface area contributed by atoms with E-state index in [0.717, 1.165) is 30.3 Å². The molecule has 3 aromatic rings. The minimum absolute atomic E-state index is 0.184. The van der Waals surface area contributed by atoms with Gasteiger partial charge in [-0.25, -0.2) is 9.79 Å². The summed E-state index contributed by atoms with van der Waals surface area (Å²) in [5.41, 5.74) is 2.16. The molecule has 0 spiro atoms. The molecule has 34 heavy (non-hydrogen) atoms. The van der Waals surface area contributed by atoms with Gasteiger partial charge in [-0.1, -0.05) is 18.2 Å². The molecule has 3 heterocycles. The van der Waals surface area contributed by atoms with E-state index in [-0.39, 0.29) is 12.6 Å². The third-order valence-electron chi connectivity index (χ3n) is 5.79. The number of aliphatic hydroxyl groups is 1. The zero-order valence-electron chi connectivity index (χ0n) is 18.9. The van der Waals surface area contributed by atoms with Gasteiger partial charge in [-0.3, -0.25) is 10.4 Å². The molecule has 1 aliphatic heterocycles. The lowest BCUT2D eigenvalue weighted by Crippen LogP contribution is -2.40. The Balaban J connectivity index is 1.38. The molecule has 4 rings (SSSR count). The molecule has 0 atom stereocenters. The van der Waals surface area contributed by atoms with Crippen molar-refractivity contribution in [1.82, 2.24) is 14.5 Å². The van der Waals surface area contributed by atoms with Gasteiger partial charge >= 0.3 is 6.09 Å². The number of amides is 1. The monoisotopic (exact) mass is 461 g/mol. The minimum atomic E-state index is -0.402. The SMILES string of the molecule is Cc1cccc(CO)c1OC(=O)N1CCC(n2ccc(C(=NC=N)Oc3cccnc3)c2)CC1. The van der Waals surface area contributed by atoms with Gasteiger partial charge in [-0.05, 0) is 43.5 Å². The van der Waals surface area contributed by atoms with E-state index in [0.29, 0.717) is 36.0 Å². The van der Waals surface area contributed by atoms with E-state index in [1.165, 1.54) is 0 Å². The molecule has 176 valence electrons. The van der Waals surface area contributed by atoms with E-state index in [4.69, 9.17) is 14.9 Å². The molecular weight excluding hydrogens is 434 g/mol. The number of aliphatic hydroxyl groups excluding tert-OH is 1. The van der Waals surface area contributed by atoms with Gasteiger partial charge in [0.05, 0.1) is 18.4 Å². The number of nitrogens with zero attached hydrogens (tertiary/aromatic N) is 4. The summed E-state index contributed by atoms with van der Waals surface area (Å²) in [6, 6.07) is 11.1. The zero-order valence-corrected chi connectivity index (χ0v) is 18.9. The van der Waals surface area contributed by atoms with Crippen molar-refractivity contribution in [3.8, 4) is 11.5 Å². The average molecular weight is 462 g/mol. The predicted molar refractivity (Wildman–Crippen MR) is 128 cm³/mol. The van der Waals surface area contributed by atoms with Crippen LogP contribution in [-0.2, 0) is 6.61 Å². The number of benzene rings is 1. The Morgan fingerprint density at radius 1 is 1.24 bits per heavy atom. The van der Waals surface area contributed by atoms with Crippen LogP contribution in [0.3, 0.4) is 0 Å². The van der Waals surface area contributed by atoms with Gasteiger partial charge in [0.1, 0.15) is 17.8 Å². The molecule has 2 N–H and O–H groups in total. The van der Waals surface area contributed by atoms with Gasteiger partial charge in [0.25, 0.3) is 0 Å². The van der Waals surface area contributed by atoms with Crippen molar-refractivity contribution in [2.45, 2.75) is 32.4 Å². The topological polar surface area (TPSA) is 113 Å². The van der Waals surface area contributed by atoms with Crippen LogP contribution in [0.4, 0.5) is 4.79 Å². The Kier molecular flexibility index (Phi) is 7.34. The number of rotatable bonds is 6. The number of piperidine rings is 1. The van der Waals surface area contributed by atoms with E-state index in [9.17, 15) is 9.90 Å². The largest absolute Gasteiger partial charge is 0.437 e. The van der Waals surface area contributed by atoms with Crippen LogP contribution >= 0.6 is 0 Å². The standard InChI is InChI=1S/C25H27N5O4/c1-18-4-2-5-20(16-31)23(18)34-25(32)29-12-8-21(9-13-29)30-11-7-19(15-30)24(28-17-26)33-22-6-3-10-27-14-22/h2-7,10-11,14-15,17,21,26,31H,8-9,12-13,16H2,1H3. The van der Waals surface area contributed by atoms with Crippen LogP contribution in [0.5, 0.6) is 11.5 Å². The fraction of sp³-hybridized carbons (Fsp3) is 0.280. The molecule has 1 saturated heterocycles. The Labute approximate surface area is 197 Å². The summed E-state index contributed by atoms with van der Waals surface area (Å²) in [5, 5.41) is 16.9. The molecule has 0 unspecified atom stereocenters. The summed E-state index contributed by atoms with van der Waals surface area (Å²) < 4.78 is 13.5. The second-order valence-corrected chi connectivity index (χ2v) is 8.01. The van der Waals surface area contributed by atoms with Crippen molar-refractivity contribution in [1.29, 1.82) is 5.41 Å². The van der Waals surface area contributed by atoms with E-state index in [1.54, 1.807) is 35.5 Å². The number of carbonyl (C=O) groups is 1. The molecule has 0 aliphatic carbocycles. The molecule has 0 saturated carbocycles. The summed E-state index contributed by atoms with van der Waals surface area (Å²) in [7, 11) is 0. The van der Waals surface area contributed by atoms with Crippen molar-refractivity contribution in [3.05, 3.63) is 77.9 Å². The van der Waals surface area contributed by atoms with Crippen molar-refractivity contribution < 1.29 is 19.4 Å². The van der Waals surface area contributed by atoms with Crippen LogP contribution in [0.1, 0.15) is 35.6 Å². The van der Waals surface area contributed by atoms with Crippen LogP contribution < -0.4 is 9.47 Å². The van der Waals surface area contributed by atoms with Crippen LogP contribution in [0.15, 0.2) is 66.2 Å². The van der Waals surface area contributed by atoms with Crippen molar-refractivity contribution >= 4 is 18.3 Å². The number of ether oxygens (including phenoxy) is 2. The number of likely N-dealkylation sites (tertiary alicyclic amines) is 1. The maximum atomic E-state index is 12.7. The third-order valence-corrected chi connectivity index (χ3v) is 5.79. The summed E-state index contributed by atoms with van der Waals surface area (Å²) >= 11 is 0. The highest BCUT2D eigenvalue weighted by atomic mass is 16.6. The van der Waals surface area contributed by atoms with Gasteiger partial charge in [-0.15, -0.1) is 0 Å². The Hall–Kier alpha value is -3.98. The number of hydrogen-bond acceptors (Lipinski definition) is 6. The van der Waals surface area contributed by atoms with Gasteiger partial charge in [-0.2, -0.15) is 0 Å². The highest BCUT2D eigenvalue weighted by Gasteiger charge is 2.26. The number of para-hydroxylation sites is 1. The third kappa shape index (κ3) is 5.32. The average Bonchev–Trinajstić information content (AvgIpc) is 3.36. The Morgan fingerprint density at radius 2 is 2.06 bits per heavy atom. The van der Waals surface area contributed by atoms with Gasteiger partial charge in [0, 0.05) is 43.3 Å². The number of hydrogen-bond donors (Lipinski definition) is 2. The number of nitrogens with one attached hydrogen (secondary N) is 1. The first kappa shape index (κ1) is 23.2. The highest BCUT2D eigenvalue weighted by Crippen LogP contribution is 2.27. The molecule has 2 aromatic heterocycles. The smallest absolute Gasteiger partial charge is 0.415 e.